The lowest BCUT2D eigenvalue weighted by atomic mass is 10.3. The third-order valence-electron chi connectivity index (χ3n) is 2.42. The van der Waals surface area contributed by atoms with Gasteiger partial charge in [-0.05, 0) is 25.5 Å². The van der Waals surface area contributed by atoms with E-state index in [1.54, 1.807) is 12.3 Å². The Hall–Kier alpha value is -1.29. The fourth-order valence-corrected chi connectivity index (χ4v) is 3.97. The average Bonchev–Trinajstić information content (AvgIpc) is 2.97. The lowest BCUT2D eigenvalue weighted by Crippen LogP contribution is -2.24. The van der Waals surface area contributed by atoms with E-state index >= 15 is 0 Å². The topological polar surface area (TPSA) is 102 Å². The second kappa shape index (κ2) is 6.00. The Labute approximate surface area is 124 Å². The first kappa shape index (κ1) is 15.1. The van der Waals surface area contributed by atoms with Crippen LogP contribution in [0.5, 0.6) is 0 Å². The van der Waals surface area contributed by atoms with E-state index in [1.807, 2.05) is 6.92 Å². The van der Waals surface area contributed by atoms with Crippen LogP contribution < -0.4 is 10.5 Å². The van der Waals surface area contributed by atoms with Crippen LogP contribution in [0.25, 0.3) is 0 Å². The average molecular weight is 331 g/mol. The van der Waals surface area contributed by atoms with Gasteiger partial charge in [0.1, 0.15) is 9.09 Å². The van der Waals surface area contributed by atoms with Gasteiger partial charge in [-0.1, -0.05) is 0 Å². The van der Waals surface area contributed by atoms with Crippen LogP contribution in [0, 0.1) is 6.92 Å². The summed E-state index contributed by atoms with van der Waals surface area (Å²) in [6, 6.07) is 3.18. The first-order valence-corrected chi connectivity index (χ1v) is 8.86. The molecule has 2 aromatic rings. The molecule has 108 valence electrons. The van der Waals surface area contributed by atoms with Crippen molar-refractivity contribution >= 4 is 38.6 Å². The number of carbonyl (C=O) groups is 1. The standard InChI is InChI=1S/C11H13N3O3S3/c1-7-14-6-9(18-7)11(15)13-5-4-8-2-3-10(19-8)20(12,16)17/h2-3,6H,4-5H2,1H3,(H,13,15)(H2,12,16,17). The second-order valence-electron chi connectivity index (χ2n) is 4.02. The molecule has 0 saturated heterocycles. The molecular formula is C11H13N3O3S3. The van der Waals surface area contributed by atoms with Gasteiger partial charge in [0.25, 0.3) is 5.91 Å². The Morgan fingerprint density at radius 1 is 1.40 bits per heavy atom. The van der Waals surface area contributed by atoms with Gasteiger partial charge in [-0.15, -0.1) is 22.7 Å². The van der Waals surface area contributed by atoms with Gasteiger partial charge in [-0.2, -0.15) is 0 Å². The molecule has 6 nitrogen and oxygen atoms in total. The van der Waals surface area contributed by atoms with E-state index in [0.29, 0.717) is 17.8 Å². The molecule has 0 aliphatic rings. The van der Waals surface area contributed by atoms with Gasteiger partial charge < -0.3 is 5.32 Å². The summed E-state index contributed by atoms with van der Waals surface area (Å²) >= 11 is 2.45. The largest absolute Gasteiger partial charge is 0.351 e. The Bertz CT molecular complexity index is 718. The van der Waals surface area contributed by atoms with Crippen molar-refractivity contribution < 1.29 is 13.2 Å². The van der Waals surface area contributed by atoms with Crippen LogP contribution in [0.2, 0.25) is 0 Å². The van der Waals surface area contributed by atoms with Crippen LogP contribution in [0.3, 0.4) is 0 Å². The van der Waals surface area contributed by atoms with Gasteiger partial charge in [0.15, 0.2) is 0 Å². The van der Waals surface area contributed by atoms with Crippen LogP contribution in [-0.2, 0) is 16.4 Å². The number of thiophene rings is 1. The number of aryl methyl sites for hydroxylation is 1. The van der Waals surface area contributed by atoms with Crippen LogP contribution in [0.1, 0.15) is 19.6 Å². The fraction of sp³-hybridized carbons (Fsp3) is 0.273. The molecule has 0 aliphatic heterocycles. The first-order valence-electron chi connectivity index (χ1n) is 5.68. The van der Waals surface area contributed by atoms with Crippen LogP contribution in [-0.4, -0.2) is 25.9 Å². The molecule has 0 atom stereocenters. The van der Waals surface area contributed by atoms with E-state index in [-0.39, 0.29) is 10.1 Å². The third kappa shape index (κ3) is 3.85. The van der Waals surface area contributed by atoms with E-state index in [1.165, 1.54) is 17.4 Å². The van der Waals surface area contributed by atoms with E-state index in [0.717, 1.165) is 21.2 Å². The lowest BCUT2D eigenvalue weighted by molar-refractivity contribution is 0.0958. The summed E-state index contributed by atoms with van der Waals surface area (Å²) in [6.45, 7) is 2.27. The van der Waals surface area contributed by atoms with Crippen LogP contribution >= 0.6 is 22.7 Å². The van der Waals surface area contributed by atoms with Crippen molar-refractivity contribution in [3.8, 4) is 0 Å². The van der Waals surface area contributed by atoms with Crippen molar-refractivity contribution in [1.29, 1.82) is 0 Å². The summed E-state index contributed by atoms with van der Waals surface area (Å²) in [6.07, 6.45) is 2.10. The maximum Gasteiger partial charge on any atom is 0.263 e. The molecule has 0 aliphatic carbocycles. The molecule has 1 amide bonds. The highest BCUT2D eigenvalue weighted by molar-refractivity contribution is 7.91. The minimum atomic E-state index is -3.64. The summed E-state index contributed by atoms with van der Waals surface area (Å²) in [5.41, 5.74) is 0. The zero-order chi connectivity index (χ0) is 14.8. The summed E-state index contributed by atoms with van der Waals surface area (Å²) in [7, 11) is -3.64. The lowest BCUT2D eigenvalue weighted by Gasteiger charge is -2.01. The molecule has 0 unspecified atom stereocenters. The van der Waals surface area contributed by atoms with Gasteiger partial charge in [0.2, 0.25) is 10.0 Å². The zero-order valence-electron chi connectivity index (χ0n) is 10.6. The Morgan fingerprint density at radius 2 is 2.15 bits per heavy atom. The monoisotopic (exact) mass is 331 g/mol. The number of aromatic nitrogens is 1. The van der Waals surface area contributed by atoms with Gasteiger partial charge >= 0.3 is 0 Å². The molecule has 0 bridgehead atoms. The quantitative estimate of drug-likeness (QED) is 0.857. The molecular weight excluding hydrogens is 318 g/mol. The number of sulfonamides is 1. The summed E-state index contributed by atoms with van der Waals surface area (Å²) in [4.78, 5) is 17.2. The highest BCUT2D eigenvalue weighted by atomic mass is 32.2. The number of nitrogens with one attached hydrogen (secondary N) is 1. The van der Waals surface area contributed by atoms with Crippen molar-refractivity contribution in [2.75, 3.05) is 6.54 Å². The minimum Gasteiger partial charge on any atom is -0.351 e. The molecule has 0 spiro atoms. The Morgan fingerprint density at radius 3 is 2.70 bits per heavy atom. The predicted octanol–water partition coefficient (Wildman–Crippen LogP) is 1.13. The molecule has 20 heavy (non-hydrogen) atoms. The molecule has 0 fully saturated rings. The molecule has 9 heteroatoms. The van der Waals surface area contributed by atoms with Crippen LogP contribution in [0.15, 0.2) is 22.5 Å². The second-order valence-corrected chi connectivity index (χ2v) is 8.21. The number of nitrogens with zero attached hydrogens (tertiary/aromatic N) is 1. The number of hydrogen-bond donors (Lipinski definition) is 2. The maximum atomic E-state index is 11.8. The fourth-order valence-electron chi connectivity index (χ4n) is 1.50. The Balaban J connectivity index is 1.87. The molecule has 2 aromatic heterocycles. The maximum absolute atomic E-state index is 11.8. The van der Waals surface area contributed by atoms with Gasteiger partial charge in [-0.3, -0.25) is 4.79 Å². The minimum absolute atomic E-state index is 0.136. The molecule has 3 N–H and O–H groups in total. The summed E-state index contributed by atoms with van der Waals surface area (Å²) in [5, 5.41) is 8.64. The predicted molar refractivity (Wildman–Crippen MR) is 78.6 cm³/mol. The van der Waals surface area contributed by atoms with Crippen molar-refractivity contribution in [3.63, 3.8) is 0 Å². The highest BCUT2D eigenvalue weighted by Crippen LogP contribution is 2.20. The first-order chi connectivity index (χ1) is 9.36. The van der Waals surface area contributed by atoms with Crippen molar-refractivity contribution in [1.82, 2.24) is 10.3 Å². The number of primary sulfonamides is 1. The number of nitrogens with two attached hydrogens (primary N) is 1. The third-order valence-corrected chi connectivity index (χ3v) is 5.91. The Kier molecular flexibility index (Phi) is 4.53. The van der Waals surface area contributed by atoms with E-state index in [9.17, 15) is 13.2 Å². The van der Waals surface area contributed by atoms with Gasteiger partial charge in [0, 0.05) is 11.4 Å². The number of carbonyl (C=O) groups excluding carboxylic acids is 1. The molecule has 0 radical (unpaired) electrons. The van der Waals surface area contributed by atoms with E-state index < -0.39 is 10.0 Å². The zero-order valence-corrected chi connectivity index (χ0v) is 13.1. The van der Waals surface area contributed by atoms with Crippen LogP contribution in [0.4, 0.5) is 0 Å². The SMILES string of the molecule is Cc1ncc(C(=O)NCCc2ccc(S(N)(=O)=O)s2)s1. The van der Waals surface area contributed by atoms with E-state index in [4.69, 9.17) is 5.14 Å². The van der Waals surface area contributed by atoms with Crippen molar-refractivity contribution in [2.45, 2.75) is 17.6 Å². The van der Waals surface area contributed by atoms with Crippen molar-refractivity contribution in [3.05, 3.63) is 33.1 Å². The number of thiazole rings is 1. The molecule has 2 heterocycles. The highest BCUT2D eigenvalue weighted by Gasteiger charge is 2.12. The normalized spacial score (nSPS) is 11.5. The summed E-state index contributed by atoms with van der Waals surface area (Å²) < 4.78 is 22.4. The number of rotatable bonds is 5. The molecule has 2 rings (SSSR count). The summed E-state index contributed by atoms with van der Waals surface area (Å²) in [5.74, 6) is -0.168. The van der Waals surface area contributed by atoms with Gasteiger partial charge in [-0.25, -0.2) is 18.5 Å². The number of hydrogen-bond acceptors (Lipinski definition) is 6. The molecule has 0 aromatic carbocycles. The van der Waals surface area contributed by atoms with Crippen molar-refractivity contribution in [2.24, 2.45) is 5.14 Å². The van der Waals surface area contributed by atoms with E-state index in [2.05, 4.69) is 10.3 Å². The number of amides is 1. The van der Waals surface area contributed by atoms with Gasteiger partial charge in [0.05, 0.1) is 11.2 Å². The molecule has 0 saturated carbocycles. The smallest absolute Gasteiger partial charge is 0.263 e.